The SMILES string of the molecule is CC(=O)NC(C)CCC1CCC(O)CC1. The molecular formula is C12H23NO2. The summed E-state index contributed by atoms with van der Waals surface area (Å²) in [5.41, 5.74) is 0. The number of carbonyl (C=O) groups excluding carboxylic acids is 1. The number of aliphatic hydroxyl groups excluding tert-OH is 1. The van der Waals surface area contributed by atoms with Gasteiger partial charge in [0.15, 0.2) is 0 Å². The second-order valence-electron chi connectivity index (χ2n) is 4.85. The molecule has 2 N–H and O–H groups in total. The average molecular weight is 213 g/mol. The fourth-order valence-electron chi connectivity index (χ4n) is 2.34. The predicted molar refractivity (Wildman–Crippen MR) is 60.5 cm³/mol. The van der Waals surface area contributed by atoms with E-state index >= 15 is 0 Å². The summed E-state index contributed by atoms with van der Waals surface area (Å²) < 4.78 is 0. The molecule has 0 heterocycles. The maximum atomic E-state index is 10.8. The van der Waals surface area contributed by atoms with Gasteiger partial charge in [0.2, 0.25) is 5.91 Å². The van der Waals surface area contributed by atoms with E-state index in [9.17, 15) is 9.90 Å². The van der Waals surface area contributed by atoms with Crippen LogP contribution in [0.25, 0.3) is 0 Å². The molecular weight excluding hydrogens is 190 g/mol. The van der Waals surface area contributed by atoms with Crippen LogP contribution in [0.15, 0.2) is 0 Å². The van der Waals surface area contributed by atoms with Crippen LogP contribution in [0.2, 0.25) is 0 Å². The summed E-state index contributed by atoms with van der Waals surface area (Å²) in [7, 11) is 0. The monoisotopic (exact) mass is 213 g/mol. The molecule has 0 aromatic heterocycles. The van der Waals surface area contributed by atoms with Crippen molar-refractivity contribution in [3.8, 4) is 0 Å². The third kappa shape index (κ3) is 5.17. The van der Waals surface area contributed by atoms with Crippen LogP contribution in [0.4, 0.5) is 0 Å². The van der Waals surface area contributed by atoms with E-state index in [0.717, 1.165) is 38.0 Å². The Morgan fingerprint density at radius 2 is 2.00 bits per heavy atom. The lowest BCUT2D eigenvalue weighted by Gasteiger charge is -2.26. The van der Waals surface area contributed by atoms with Crippen molar-refractivity contribution in [1.29, 1.82) is 0 Å². The zero-order valence-corrected chi connectivity index (χ0v) is 9.83. The van der Waals surface area contributed by atoms with E-state index in [0.29, 0.717) is 0 Å². The minimum absolute atomic E-state index is 0.0570. The lowest BCUT2D eigenvalue weighted by atomic mass is 9.84. The highest BCUT2D eigenvalue weighted by atomic mass is 16.3. The maximum Gasteiger partial charge on any atom is 0.217 e. The Labute approximate surface area is 92.3 Å². The Hall–Kier alpha value is -0.570. The van der Waals surface area contributed by atoms with Crippen molar-refractivity contribution in [2.45, 2.75) is 64.5 Å². The molecule has 0 radical (unpaired) electrons. The van der Waals surface area contributed by atoms with Crippen LogP contribution in [0.5, 0.6) is 0 Å². The minimum atomic E-state index is -0.0611. The van der Waals surface area contributed by atoms with Crippen LogP contribution in [-0.4, -0.2) is 23.2 Å². The van der Waals surface area contributed by atoms with Gasteiger partial charge in [-0.15, -0.1) is 0 Å². The first-order chi connectivity index (χ1) is 7.08. The van der Waals surface area contributed by atoms with E-state index in [1.165, 1.54) is 6.42 Å². The van der Waals surface area contributed by atoms with Crippen LogP contribution >= 0.6 is 0 Å². The van der Waals surface area contributed by atoms with Crippen molar-refractivity contribution in [3.05, 3.63) is 0 Å². The molecule has 0 aliphatic heterocycles. The van der Waals surface area contributed by atoms with Crippen LogP contribution in [0.1, 0.15) is 52.4 Å². The number of aliphatic hydroxyl groups is 1. The summed E-state index contributed by atoms with van der Waals surface area (Å²) in [6.45, 7) is 3.62. The quantitative estimate of drug-likeness (QED) is 0.748. The number of rotatable bonds is 4. The van der Waals surface area contributed by atoms with Crippen LogP contribution < -0.4 is 5.32 Å². The molecule has 0 spiro atoms. The van der Waals surface area contributed by atoms with Gasteiger partial charge in [-0.3, -0.25) is 4.79 Å². The molecule has 1 atom stereocenters. The minimum Gasteiger partial charge on any atom is -0.393 e. The normalized spacial score (nSPS) is 28.5. The molecule has 1 rings (SSSR count). The van der Waals surface area contributed by atoms with Gasteiger partial charge < -0.3 is 10.4 Å². The fourth-order valence-corrected chi connectivity index (χ4v) is 2.34. The van der Waals surface area contributed by atoms with Gasteiger partial charge in [0.05, 0.1) is 6.10 Å². The molecule has 1 fully saturated rings. The summed E-state index contributed by atoms with van der Waals surface area (Å²) in [6, 6.07) is 0.286. The third-order valence-corrected chi connectivity index (χ3v) is 3.27. The molecule has 0 aromatic rings. The lowest BCUT2D eigenvalue weighted by Crippen LogP contribution is -2.31. The summed E-state index contributed by atoms with van der Waals surface area (Å²) in [5.74, 6) is 0.811. The second kappa shape index (κ2) is 6.11. The third-order valence-electron chi connectivity index (χ3n) is 3.27. The molecule has 3 nitrogen and oxygen atoms in total. The van der Waals surface area contributed by atoms with Gasteiger partial charge >= 0.3 is 0 Å². The second-order valence-corrected chi connectivity index (χ2v) is 4.85. The average Bonchev–Trinajstić information content (AvgIpc) is 2.16. The largest absolute Gasteiger partial charge is 0.393 e. The van der Waals surface area contributed by atoms with Crippen LogP contribution in [0.3, 0.4) is 0 Å². The fraction of sp³-hybridized carbons (Fsp3) is 0.917. The summed E-state index contributed by atoms with van der Waals surface area (Å²) in [6.07, 6.45) is 6.38. The molecule has 1 aliphatic carbocycles. The molecule has 0 bridgehead atoms. The zero-order chi connectivity index (χ0) is 11.3. The lowest BCUT2D eigenvalue weighted by molar-refractivity contribution is -0.119. The van der Waals surface area contributed by atoms with Crippen LogP contribution in [-0.2, 0) is 4.79 Å². The number of hydrogen-bond acceptors (Lipinski definition) is 2. The molecule has 15 heavy (non-hydrogen) atoms. The first-order valence-electron chi connectivity index (χ1n) is 6.03. The number of nitrogens with one attached hydrogen (secondary N) is 1. The van der Waals surface area contributed by atoms with Crippen molar-refractivity contribution in [2.24, 2.45) is 5.92 Å². The van der Waals surface area contributed by atoms with E-state index < -0.39 is 0 Å². The van der Waals surface area contributed by atoms with Crippen molar-refractivity contribution in [3.63, 3.8) is 0 Å². The topological polar surface area (TPSA) is 49.3 Å². The highest BCUT2D eigenvalue weighted by Crippen LogP contribution is 2.27. The van der Waals surface area contributed by atoms with Gasteiger partial charge in [0.25, 0.3) is 0 Å². The van der Waals surface area contributed by atoms with E-state index in [1.54, 1.807) is 6.92 Å². The van der Waals surface area contributed by atoms with Gasteiger partial charge in [-0.05, 0) is 51.4 Å². The van der Waals surface area contributed by atoms with Gasteiger partial charge in [-0.2, -0.15) is 0 Å². The Balaban J connectivity index is 2.11. The van der Waals surface area contributed by atoms with Gasteiger partial charge in [-0.1, -0.05) is 0 Å². The van der Waals surface area contributed by atoms with Crippen molar-refractivity contribution >= 4 is 5.91 Å². The number of hydrogen-bond donors (Lipinski definition) is 2. The highest BCUT2D eigenvalue weighted by Gasteiger charge is 2.19. The molecule has 1 amide bonds. The highest BCUT2D eigenvalue weighted by molar-refractivity contribution is 5.73. The Bertz CT molecular complexity index is 198. The zero-order valence-electron chi connectivity index (χ0n) is 9.83. The smallest absolute Gasteiger partial charge is 0.217 e. The number of carbonyl (C=O) groups is 1. The number of amides is 1. The van der Waals surface area contributed by atoms with E-state index in [4.69, 9.17) is 0 Å². The summed E-state index contributed by atoms with van der Waals surface area (Å²) in [5, 5.41) is 12.3. The first-order valence-corrected chi connectivity index (χ1v) is 6.03. The van der Waals surface area contributed by atoms with Gasteiger partial charge in [0.1, 0.15) is 0 Å². The molecule has 1 unspecified atom stereocenters. The van der Waals surface area contributed by atoms with Gasteiger partial charge in [-0.25, -0.2) is 0 Å². The van der Waals surface area contributed by atoms with E-state index in [-0.39, 0.29) is 18.1 Å². The van der Waals surface area contributed by atoms with Crippen molar-refractivity contribution < 1.29 is 9.90 Å². The van der Waals surface area contributed by atoms with Gasteiger partial charge in [0, 0.05) is 13.0 Å². The molecule has 3 heteroatoms. The summed E-state index contributed by atoms with van der Waals surface area (Å²) >= 11 is 0. The van der Waals surface area contributed by atoms with E-state index in [2.05, 4.69) is 12.2 Å². The Morgan fingerprint density at radius 1 is 1.40 bits per heavy atom. The predicted octanol–water partition coefficient (Wildman–Crippen LogP) is 1.84. The first kappa shape index (κ1) is 12.5. The molecule has 0 saturated heterocycles. The molecule has 88 valence electrons. The molecule has 0 aromatic carbocycles. The van der Waals surface area contributed by atoms with Crippen molar-refractivity contribution in [2.75, 3.05) is 0 Å². The van der Waals surface area contributed by atoms with Crippen molar-refractivity contribution in [1.82, 2.24) is 5.32 Å². The Morgan fingerprint density at radius 3 is 2.53 bits per heavy atom. The standard InChI is InChI=1S/C12H23NO2/c1-9(13-10(2)14)3-4-11-5-7-12(15)8-6-11/h9,11-12,15H,3-8H2,1-2H3,(H,13,14). The maximum absolute atomic E-state index is 10.8. The summed E-state index contributed by atoms with van der Waals surface area (Å²) in [4.78, 5) is 10.8. The van der Waals surface area contributed by atoms with E-state index in [1.807, 2.05) is 0 Å². The molecule has 1 aliphatic rings. The molecule has 1 saturated carbocycles. The van der Waals surface area contributed by atoms with Crippen LogP contribution in [0, 0.1) is 5.92 Å². The Kier molecular flexibility index (Phi) is 5.09.